The lowest BCUT2D eigenvalue weighted by atomic mass is 10.4. The van der Waals surface area contributed by atoms with Crippen LogP contribution in [0.4, 0.5) is 0 Å². The van der Waals surface area contributed by atoms with Gasteiger partial charge in [0.25, 0.3) is 0 Å². The third-order valence-corrected chi connectivity index (χ3v) is 1.25. The van der Waals surface area contributed by atoms with Gasteiger partial charge < -0.3 is 5.32 Å². The molecule has 2 atom stereocenters. The van der Waals surface area contributed by atoms with Gasteiger partial charge in [-0.25, -0.2) is 0 Å². The molecule has 2 N–H and O–H groups in total. The highest BCUT2D eigenvalue weighted by Gasteiger charge is 2.22. The lowest BCUT2D eigenvalue weighted by Crippen LogP contribution is -2.28. The predicted molar refractivity (Wildman–Crippen MR) is 30.2 cm³/mol. The first-order valence-corrected chi connectivity index (χ1v) is 2.76. The molecule has 1 aliphatic heterocycles. The van der Waals surface area contributed by atoms with Crippen molar-refractivity contribution in [2.24, 2.45) is 0 Å². The van der Waals surface area contributed by atoms with Crippen LogP contribution in [-0.2, 0) is 4.79 Å². The molecule has 1 rings (SSSR count). The number of hydrogen-bond donors (Lipinski definition) is 2. The standard InChI is InChI=1S/C5H10N2O/c1-3-5(8)7-4(2)6-3/h3-4,6H,1-2H3,(H,7,8)/t3-,4?/m0/s1. The Labute approximate surface area is 48.5 Å². The fourth-order valence-corrected chi connectivity index (χ4v) is 0.831. The summed E-state index contributed by atoms with van der Waals surface area (Å²) in [5.41, 5.74) is 0. The van der Waals surface area contributed by atoms with E-state index in [4.69, 9.17) is 0 Å². The largest absolute Gasteiger partial charge is 0.340 e. The van der Waals surface area contributed by atoms with Crippen molar-refractivity contribution < 1.29 is 4.79 Å². The summed E-state index contributed by atoms with van der Waals surface area (Å²) in [7, 11) is 0. The van der Waals surface area contributed by atoms with Crippen molar-refractivity contribution in [1.29, 1.82) is 0 Å². The molecule has 0 spiro atoms. The van der Waals surface area contributed by atoms with E-state index in [1.165, 1.54) is 0 Å². The van der Waals surface area contributed by atoms with E-state index >= 15 is 0 Å². The van der Waals surface area contributed by atoms with Crippen LogP contribution >= 0.6 is 0 Å². The smallest absolute Gasteiger partial charge is 0.238 e. The van der Waals surface area contributed by atoms with Gasteiger partial charge in [-0.1, -0.05) is 0 Å². The third kappa shape index (κ3) is 0.816. The molecule has 46 valence electrons. The Balaban J connectivity index is 2.51. The van der Waals surface area contributed by atoms with E-state index in [1.54, 1.807) is 0 Å². The molecule has 3 heteroatoms. The normalized spacial score (nSPS) is 37.5. The van der Waals surface area contributed by atoms with Crippen LogP contribution in [0.2, 0.25) is 0 Å². The molecule has 1 heterocycles. The zero-order chi connectivity index (χ0) is 6.15. The van der Waals surface area contributed by atoms with Crippen LogP contribution in [-0.4, -0.2) is 18.1 Å². The Morgan fingerprint density at radius 2 is 2.12 bits per heavy atom. The molecule has 0 aromatic heterocycles. The number of hydrogen-bond acceptors (Lipinski definition) is 2. The summed E-state index contributed by atoms with van der Waals surface area (Å²) in [5.74, 6) is 0.0949. The second-order valence-corrected chi connectivity index (χ2v) is 2.12. The van der Waals surface area contributed by atoms with Gasteiger partial charge in [0, 0.05) is 0 Å². The van der Waals surface area contributed by atoms with E-state index in [1.807, 2.05) is 13.8 Å². The highest BCUT2D eigenvalue weighted by Crippen LogP contribution is 1.92. The fourth-order valence-electron chi connectivity index (χ4n) is 0.831. The van der Waals surface area contributed by atoms with Gasteiger partial charge in [0.15, 0.2) is 0 Å². The van der Waals surface area contributed by atoms with Gasteiger partial charge >= 0.3 is 0 Å². The van der Waals surface area contributed by atoms with Crippen molar-refractivity contribution >= 4 is 5.91 Å². The molecule has 0 aromatic carbocycles. The zero-order valence-corrected chi connectivity index (χ0v) is 5.06. The first-order chi connectivity index (χ1) is 3.70. The minimum absolute atomic E-state index is 0.00926. The van der Waals surface area contributed by atoms with Gasteiger partial charge in [-0.2, -0.15) is 0 Å². The van der Waals surface area contributed by atoms with Gasteiger partial charge in [0.05, 0.1) is 12.2 Å². The average molecular weight is 114 g/mol. The zero-order valence-electron chi connectivity index (χ0n) is 5.06. The maximum Gasteiger partial charge on any atom is 0.238 e. The minimum Gasteiger partial charge on any atom is -0.340 e. The van der Waals surface area contributed by atoms with Crippen LogP contribution in [0.25, 0.3) is 0 Å². The molecule has 0 aromatic rings. The number of carbonyl (C=O) groups excluding carboxylic acids is 1. The quantitative estimate of drug-likeness (QED) is 0.443. The summed E-state index contributed by atoms with van der Waals surface area (Å²) in [6.07, 6.45) is 0.150. The van der Waals surface area contributed by atoms with Crippen LogP contribution in [0, 0.1) is 0 Å². The van der Waals surface area contributed by atoms with Crippen LogP contribution < -0.4 is 10.6 Å². The van der Waals surface area contributed by atoms with Gasteiger partial charge in [0.2, 0.25) is 5.91 Å². The number of carbonyl (C=O) groups is 1. The molecule has 1 amide bonds. The van der Waals surface area contributed by atoms with Crippen LogP contribution in [0.15, 0.2) is 0 Å². The number of nitrogens with one attached hydrogen (secondary N) is 2. The van der Waals surface area contributed by atoms with Gasteiger partial charge in [-0.05, 0) is 13.8 Å². The molecule has 1 aliphatic rings. The maximum atomic E-state index is 10.6. The first kappa shape index (κ1) is 5.56. The van der Waals surface area contributed by atoms with Gasteiger partial charge in [-0.3, -0.25) is 10.1 Å². The molecule has 0 bridgehead atoms. The summed E-state index contributed by atoms with van der Waals surface area (Å²) >= 11 is 0. The molecule has 3 nitrogen and oxygen atoms in total. The second kappa shape index (κ2) is 1.74. The molecule has 0 saturated carbocycles. The minimum atomic E-state index is -0.00926. The predicted octanol–water partition coefficient (Wildman–Crippen LogP) is -0.560. The molecule has 0 aliphatic carbocycles. The van der Waals surface area contributed by atoms with E-state index in [0.29, 0.717) is 0 Å². The molecule has 8 heavy (non-hydrogen) atoms. The van der Waals surface area contributed by atoms with Crippen molar-refractivity contribution in [3.8, 4) is 0 Å². The highest BCUT2D eigenvalue weighted by atomic mass is 16.2. The Bertz CT molecular complexity index is 113. The maximum absolute atomic E-state index is 10.6. The Morgan fingerprint density at radius 3 is 2.25 bits per heavy atom. The highest BCUT2D eigenvalue weighted by molar-refractivity contribution is 5.83. The molecular formula is C5H10N2O. The van der Waals surface area contributed by atoms with Crippen molar-refractivity contribution in [2.45, 2.75) is 26.1 Å². The van der Waals surface area contributed by atoms with Gasteiger partial charge in [0.1, 0.15) is 0 Å². The summed E-state index contributed by atoms with van der Waals surface area (Å²) in [6.45, 7) is 3.76. The first-order valence-electron chi connectivity index (χ1n) is 2.76. The second-order valence-electron chi connectivity index (χ2n) is 2.12. The summed E-state index contributed by atoms with van der Waals surface area (Å²) in [6, 6.07) is -0.00926. The lowest BCUT2D eigenvalue weighted by molar-refractivity contribution is -0.120. The fraction of sp³-hybridized carbons (Fsp3) is 0.800. The van der Waals surface area contributed by atoms with E-state index < -0.39 is 0 Å². The molecule has 1 fully saturated rings. The summed E-state index contributed by atoms with van der Waals surface area (Å²) in [4.78, 5) is 10.6. The Kier molecular flexibility index (Phi) is 1.21. The summed E-state index contributed by atoms with van der Waals surface area (Å²) < 4.78 is 0. The average Bonchev–Trinajstić information content (AvgIpc) is 1.85. The number of amides is 1. The SMILES string of the molecule is CC1NC(=O)[C@H](C)N1. The van der Waals surface area contributed by atoms with Crippen molar-refractivity contribution in [1.82, 2.24) is 10.6 Å². The molecular weight excluding hydrogens is 104 g/mol. The van der Waals surface area contributed by atoms with E-state index in [-0.39, 0.29) is 18.1 Å². The van der Waals surface area contributed by atoms with Crippen molar-refractivity contribution in [2.75, 3.05) is 0 Å². The van der Waals surface area contributed by atoms with E-state index in [9.17, 15) is 4.79 Å². The molecule has 1 saturated heterocycles. The molecule has 1 unspecified atom stereocenters. The van der Waals surface area contributed by atoms with Crippen LogP contribution in [0.5, 0.6) is 0 Å². The van der Waals surface area contributed by atoms with Crippen molar-refractivity contribution in [3.05, 3.63) is 0 Å². The van der Waals surface area contributed by atoms with Crippen molar-refractivity contribution in [3.63, 3.8) is 0 Å². The summed E-state index contributed by atoms with van der Waals surface area (Å²) in [5, 5.41) is 5.72. The van der Waals surface area contributed by atoms with E-state index in [0.717, 1.165) is 0 Å². The Morgan fingerprint density at radius 1 is 1.50 bits per heavy atom. The third-order valence-electron chi connectivity index (χ3n) is 1.25. The topological polar surface area (TPSA) is 41.1 Å². The molecule has 0 radical (unpaired) electrons. The van der Waals surface area contributed by atoms with E-state index in [2.05, 4.69) is 10.6 Å². The monoisotopic (exact) mass is 114 g/mol. The van der Waals surface area contributed by atoms with Gasteiger partial charge in [-0.15, -0.1) is 0 Å². The lowest BCUT2D eigenvalue weighted by Gasteiger charge is -1.99. The Hall–Kier alpha value is -0.570. The number of rotatable bonds is 0. The van der Waals surface area contributed by atoms with Crippen LogP contribution in [0.3, 0.4) is 0 Å². The van der Waals surface area contributed by atoms with Crippen LogP contribution in [0.1, 0.15) is 13.8 Å².